The molecule has 126 valence electrons. The molecule has 1 aromatic carbocycles. The number of fused-ring (bicyclic) bond motifs is 1. The predicted octanol–water partition coefficient (Wildman–Crippen LogP) is 4.59. The zero-order chi connectivity index (χ0) is 17.0. The summed E-state index contributed by atoms with van der Waals surface area (Å²) < 4.78 is 37.3. The van der Waals surface area contributed by atoms with E-state index in [0.717, 1.165) is 6.07 Å². The fourth-order valence-corrected chi connectivity index (χ4v) is 2.59. The molecule has 2 aromatic rings. The van der Waals surface area contributed by atoms with E-state index in [1.807, 2.05) is 0 Å². The fraction of sp³-hybridized carbons (Fsp3) is 0.438. The van der Waals surface area contributed by atoms with E-state index in [1.54, 1.807) is 0 Å². The van der Waals surface area contributed by atoms with Crippen molar-refractivity contribution in [3.63, 3.8) is 0 Å². The standard InChI is InChI=1S/C10H6ClF3N2.C6H13N/c11-5-1-2-8-6(3-5)7(15)4-9(16-8)10(12,13)14;1-7-5-3-2-4-6-7/h1-4H,(H2,15,16);2-6H2,1H3. The van der Waals surface area contributed by atoms with Crippen molar-refractivity contribution < 1.29 is 13.2 Å². The molecule has 1 aromatic heterocycles. The van der Waals surface area contributed by atoms with Gasteiger partial charge in [0.15, 0.2) is 0 Å². The van der Waals surface area contributed by atoms with E-state index in [2.05, 4.69) is 16.9 Å². The number of hydrogen-bond donors (Lipinski definition) is 1. The van der Waals surface area contributed by atoms with Crippen LogP contribution in [0.4, 0.5) is 18.9 Å². The number of likely N-dealkylation sites (tertiary alicyclic amines) is 1. The summed E-state index contributed by atoms with van der Waals surface area (Å²) in [5, 5.41) is 0.821. The fourth-order valence-electron chi connectivity index (χ4n) is 2.42. The number of anilines is 1. The van der Waals surface area contributed by atoms with Crippen LogP contribution in [0.15, 0.2) is 24.3 Å². The van der Waals surface area contributed by atoms with Gasteiger partial charge in [0.25, 0.3) is 0 Å². The van der Waals surface area contributed by atoms with Crippen molar-refractivity contribution in [2.75, 3.05) is 25.9 Å². The molecule has 0 saturated carbocycles. The SMILES string of the molecule is CN1CCCCC1.Nc1cc(C(F)(F)F)nc2ccc(Cl)cc12. The third-order valence-electron chi connectivity index (χ3n) is 3.67. The Morgan fingerprint density at radius 3 is 2.30 bits per heavy atom. The van der Waals surface area contributed by atoms with E-state index < -0.39 is 11.9 Å². The van der Waals surface area contributed by atoms with E-state index in [1.165, 1.54) is 50.6 Å². The van der Waals surface area contributed by atoms with E-state index in [9.17, 15) is 13.2 Å². The molecule has 0 amide bonds. The molecule has 23 heavy (non-hydrogen) atoms. The molecule has 0 spiro atoms. The Labute approximate surface area is 138 Å². The molecule has 0 bridgehead atoms. The number of piperidine rings is 1. The van der Waals surface area contributed by atoms with Gasteiger partial charge in [-0.2, -0.15) is 13.2 Å². The first-order valence-corrected chi connectivity index (χ1v) is 7.76. The Morgan fingerprint density at radius 1 is 1.13 bits per heavy atom. The number of nitrogen functional groups attached to an aromatic ring is 1. The lowest BCUT2D eigenvalue weighted by Crippen LogP contribution is -2.24. The van der Waals surface area contributed by atoms with Crippen LogP contribution in [0.2, 0.25) is 5.02 Å². The molecule has 3 nitrogen and oxygen atoms in total. The molecule has 0 unspecified atom stereocenters. The van der Waals surface area contributed by atoms with Crippen molar-refractivity contribution in [3.05, 3.63) is 35.0 Å². The highest BCUT2D eigenvalue weighted by Crippen LogP contribution is 2.32. The van der Waals surface area contributed by atoms with Crippen LogP contribution in [0.3, 0.4) is 0 Å². The summed E-state index contributed by atoms with van der Waals surface area (Å²) in [6.07, 6.45) is -0.223. The third-order valence-corrected chi connectivity index (χ3v) is 3.91. The van der Waals surface area contributed by atoms with E-state index in [-0.39, 0.29) is 11.2 Å². The van der Waals surface area contributed by atoms with Crippen molar-refractivity contribution in [3.8, 4) is 0 Å². The first-order valence-electron chi connectivity index (χ1n) is 7.39. The van der Waals surface area contributed by atoms with E-state index in [4.69, 9.17) is 17.3 Å². The van der Waals surface area contributed by atoms with E-state index in [0.29, 0.717) is 10.4 Å². The quantitative estimate of drug-likeness (QED) is 0.759. The average Bonchev–Trinajstić information content (AvgIpc) is 2.48. The average molecular weight is 346 g/mol. The Bertz CT molecular complexity index is 667. The molecule has 0 atom stereocenters. The summed E-state index contributed by atoms with van der Waals surface area (Å²) in [4.78, 5) is 5.88. The van der Waals surface area contributed by atoms with Crippen LogP contribution >= 0.6 is 11.6 Å². The topological polar surface area (TPSA) is 42.1 Å². The number of benzene rings is 1. The monoisotopic (exact) mass is 345 g/mol. The number of aromatic nitrogens is 1. The molecular weight excluding hydrogens is 327 g/mol. The highest BCUT2D eigenvalue weighted by Gasteiger charge is 2.33. The van der Waals surface area contributed by atoms with Gasteiger partial charge in [0, 0.05) is 16.1 Å². The molecule has 1 aliphatic rings. The van der Waals surface area contributed by atoms with Gasteiger partial charge in [-0.3, -0.25) is 0 Å². The van der Waals surface area contributed by atoms with Crippen LogP contribution in [0.5, 0.6) is 0 Å². The lowest BCUT2D eigenvalue weighted by molar-refractivity contribution is -0.140. The minimum absolute atomic E-state index is 0.0137. The Hall–Kier alpha value is -1.53. The maximum absolute atomic E-state index is 12.4. The summed E-state index contributed by atoms with van der Waals surface area (Å²) >= 11 is 5.71. The molecule has 1 fully saturated rings. The summed E-state index contributed by atoms with van der Waals surface area (Å²) in [5.41, 5.74) is 4.72. The van der Waals surface area contributed by atoms with Crippen molar-refractivity contribution in [2.24, 2.45) is 0 Å². The Morgan fingerprint density at radius 2 is 1.78 bits per heavy atom. The smallest absolute Gasteiger partial charge is 0.398 e. The first kappa shape index (κ1) is 17.8. The van der Waals surface area contributed by atoms with Gasteiger partial charge in [0.05, 0.1) is 5.52 Å². The number of alkyl halides is 3. The van der Waals surface area contributed by atoms with Gasteiger partial charge in [-0.1, -0.05) is 18.0 Å². The van der Waals surface area contributed by atoms with Crippen molar-refractivity contribution in [2.45, 2.75) is 25.4 Å². The number of halogens is 4. The summed E-state index contributed by atoms with van der Waals surface area (Å²) in [7, 11) is 2.19. The van der Waals surface area contributed by atoms with Crippen LogP contribution in [0.1, 0.15) is 25.0 Å². The highest BCUT2D eigenvalue weighted by molar-refractivity contribution is 6.31. The largest absolute Gasteiger partial charge is 0.433 e. The predicted molar refractivity (Wildman–Crippen MR) is 87.5 cm³/mol. The van der Waals surface area contributed by atoms with Crippen LogP contribution in [-0.4, -0.2) is 30.0 Å². The highest BCUT2D eigenvalue weighted by atomic mass is 35.5. The second-order valence-corrected chi connectivity index (χ2v) is 6.06. The number of pyridine rings is 1. The van der Waals surface area contributed by atoms with Crippen LogP contribution in [0.25, 0.3) is 10.9 Å². The van der Waals surface area contributed by atoms with Crippen LogP contribution < -0.4 is 5.73 Å². The maximum Gasteiger partial charge on any atom is 0.433 e. The summed E-state index contributed by atoms with van der Waals surface area (Å²) in [6, 6.07) is 5.16. The van der Waals surface area contributed by atoms with Crippen molar-refractivity contribution in [1.29, 1.82) is 0 Å². The summed E-state index contributed by atoms with van der Waals surface area (Å²) in [6.45, 7) is 2.64. The number of nitrogens with two attached hydrogens (primary N) is 1. The van der Waals surface area contributed by atoms with Gasteiger partial charge < -0.3 is 10.6 Å². The summed E-state index contributed by atoms with van der Waals surface area (Å²) in [5.74, 6) is 0. The molecule has 0 radical (unpaired) electrons. The third kappa shape index (κ3) is 4.97. The van der Waals surface area contributed by atoms with Crippen molar-refractivity contribution in [1.82, 2.24) is 9.88 Å². The Balaban J connectivity index is 0.000000229. The molecule has 2 heterocycles. The number of nitrogens with zero attached hydrogens (tertiary/aromatic N) is 2. The lowest BCUT2D eigenvalue weighted by atomic mass is 10.1. The molecule has 2 N–H and O–H groups in total. The molecule has 1 aliphatic heterocycles. The van der Waals surface area contributed by atoms with E-state index >= 15 is 0 Å². The minimum atomic E-state index is -4.50. The molecule has 3 rings (SSSR count). The zero-order valence-corrected chi connectivity index (χ0v) is 13.6. The second-order valence-electron chi connectivity index (χ2n) is 5.62. The molecule has 1 saturated heterocycles. The van der Waals surface area contributed by atoms with Gasteiger partial charge in [-0.05, 0) is 57.2 Å². The Kier molecular flexibility index (Phi) is 5.70. The minimum Gasteiger partial charge on any atom is -0.398 e. The van der Waals surface area contributed by atoms with Crippen LogP contribution in [0, 0.1) is 0 Å². The number of hydrogen-bond acceptors (Lipinski definition) is 3. The maximum atomic E-state index is 12.4. The molecule has 7 heteroatoms. The molecule has 0 aliphatic carbocycles. The second kappa shape index (κ2) is 7.36. The van der Waals surface area contributed by atoms with Gasteiger partial charge in [0.1, 0.15) is 5.69 Å². The van der Waals surface area contributed by atoms with Crippen LogP contribution in [-0.2, 0) is 6.18 Å². The first-order chi connectivity index (χ1) is 10.8. The van der Waals surface area contributed by atoms with Gasteiger partial charge in [0.2, 0.25) is 0 Å². The van der Waals surface area contributed by atoms with Gasteiger partial charge in [-0.25, -0.2) is 4.98 Å². The molecular formula is C16H19ClF3N3. The van der Waals surface area contributed by atoms with Crippen molar-refractivity contribution >= 4 is 28.2 Å². The van der Waals surface area contributed by atoms with Gasteiger partial charge in [-0.15, -0.1) is 0 Å². The van der Waals surface area contributed by atoms with Gasteiger partial charge >= 0.3 is 6.18 Å². The zero-order valence-electron chi connectivity index (χ0n) is 12.8. The number of rotatable bonds is 0. The normalized spacial score (nSPS) is 16.0. The lowest BCUT2D eigenvalue weighted by Gasteiger charge is -2.20.